The molecule has 0 aliphatic carbocycles. The van der Waals surface area contributed by atoms with E-state index in [9.17, 15) is 13.2 Å². The number of rotatable bonds is 11. The van der Waals surface area contributed by atoms with E-state index in [4.69, 9.17) is 9.47 Å². The fourth-order valence-electron chi connectivity index (χ4n) is 2.51. The normalized spacial score (nSPS) is 11.4. The van der Waals surface area contributed by atoms with Crippen LogP contribution in [0.25, 0.3) is 6.08 Å². The van der Waals surface area contributed by atoms with Crippen LogP contribution in [0.5, 0.6) is 11.5 Å². The van der Waals surface area contributed by atoms with Crippen molar-refractivity contribution in [2.45, 2.75) is 27.2 Å². The molecule has 0 spiro atoms. The van der Waals surface area contributed by atoms with Gasteiger partial charge in [-0.25, -0.2) is 8.42 Å². The van der Waals surface area contributed by atoms with E-state index in [1.165, 1.54) is 6.08 Å². The van der Waals surface area contributed by atoms with E-state index >= 15 is 0 Å². The molecule has 0 saturated carbocycles. The predicted octanol–water partition coefficient (Wildman–Crippen LogP) is 4.53. The summed E-state index contributed by atoms with van der Waals surface area (Å²) in [7, 11) is -3.35. The minimum Gasteiger partial charge on any atom is -0.490 e. The van der Waals surface area contributed by atoms with Crippen molar-refractivity contribution in [3.8, 4) is 11.5 Å². The number of allylic oxidation sites excluding steroid dienone is 1. The second kappa shape index (κ2) is 10.7. The lowest BCUT2D eigenvalue weighted by Gasteiger charge is -2.13. The van der Waals surface area contributed by atoms with Crippen molar-refractivity contribution in [3.05, 3.63) is 59.7 Å². The lowest BCUT2D eigenvalue weighted by molar-refractivity contribution is 0.104. The molecule has 0 aromatic heterocycles. The van der Waals surface area contributed by atoms with E-state index in [0.717, 1.165) is 12.0 Å². The Morgan fingerprint density at radius 1 is 1.03 bits per heavy atom. The monoisotopic (exact) mass is 417 g/mol. The zero-order valence-electron chi connectivity index (χ0n) is 17.0. The smallest absolute Gasteiger partial charge is 0.232 e. The van der Waals surface area contributed by atoms with Crippen LogP contribution >= 0.6 is 0 Å². The SMILES string of the molecule is CCCOc1c(/C=C/C(=O)c2ccc(NS(=O)(=O)CC)cc2)cccc1OCC. The van der Waals surface area contributed by atoms with Crippen LogP contribution in [0.15, 0.2) is 48.5 Å². The highest BCUT2D eigenvalue weighted by Gasteiger charge is 2.11. The van der Waals surface area contributed by atoms with E-state index in [-0.39, 0.29) is 11.5 Å². The van der Waals surface area contributed by atoms with Crippen LogP contribution in [0.3, 0.4) is 0 Å². The number of hydrogen-bond acceptors (Lipinski definition) is 5. The molecule has 0 saturated heterocycles. The maximum absolute atomic E-state index is 12.5. The van der Waals surface area contributed by atoms with Gasteiger partial charge in [0.2, 0.25) is 10.0 Å². The molecule has 7 heteroatoms. The van der Waals surface area contributed by atoms with Crippen molar-refractivity contribution in [3.63, 3.8) is 0 Å². The Kier molecular flexibility index (Phi) is 8.27. The maximum atomic E-state index is 12.5. The van der Waals surface area contributed by atoms with Crippen molar-refractivity contribution < 1.29 is 22.7 Å². The first-order valence-electron chi connectivity index (χ1n) is 9.61. The summed E-state index contributed by atoms with van der Waals surface area (Å²) in [6, 6.07) is 11.9. The standard InChI is InChI=1S/C22H27NO5S/c1-4-16-28-22-18(8-7-9-21(22)27-5-2)12-15-20(24)17-10-13-19(14-11-17)23-29(25,26)6-3/h7-15,23H,4-6,16H2,1-3H3/b15-12+. The van der Waals surface area contributed by atoms with Gasteiger partial charge >= 0.3 is 0 Å². The third-order valence-corrected chi connectivity index (χ3v) is 5.30. The molecule has 156 valence electrons. The van der Waals surface area contributed by atoms with Crippen molar-refractivity contribution in [2.75, 3.05) is 23.7 Å². The third-order valence-electron chi connectivity index (χ3n) is 4.00. The lowest BCUT2D eigenvalue weighted by atomic mass is 10.1. The van der Waals surface area contributed by atoms with E-state index in [1.807, 2.05) is 32.0 Å². The molecule has 0 aliphatic rings. The topological polar surface area (TPSA) is 81.7 Å². The summed E-state index contributed by atoms with van der Waals surface area (Å²) in [5.41, 5.74) is 1.63. The molecule has 1 N–H and O–H groups in total. The minimum absolute atomic E-state index is 0.0142. The van der Waals surface area contributed by atoms with Crippen molar-refractivity contribution in [1.82, 2.24) is 0 Å². The number of benzene rings is 2. The predicted molar refractivity (Wildman–Crippen MR) is 116 cm³/mol. The Morgan fingerprint density at radius 2 is 1.76 bits per heavy atom. The van der Waals surface area contributed by atoms with Crippen LogP contribution in [-0.4, -0.2) is 33.2 Å². The number of hydrogen-bond donors (Lipinski definition) is 1. The van der Waals surface area contributed by atoms with Gasteiger partial charge in [0.05, 0.1) is 19.0 Å². The zero-order chi connectivity index (χ0) is 21.3. The second-order valence-electron chi connectivity index (χ2n) is 6.24. The van der Waals surface area contributed by atoms with Gasteiger partial charge in [0.25, 0.3) is 0 Å². The van der Waals surface area contributed by atoms with Gasteiger partial charge in [0.1, 0.15) is 0 Å². The summed E-state index contributed by atoms with van der Waals surface area (Å²) in [6.45, 7) is 6.55. The molecule has 0 radical (unpaired) electrons. The molecule has 0 atom stereocenters. The average molecular weight is 418 g/mol. The molecule has 2 aromatic rings. The number of carbonyl (C=O) groups is 1. The Morgan fingerprint density at radius 3 is 2.38 bits per heavy atom. The van der Waals surface area contributed by atoms with Crippen LogP contribution in [-0.2, 0) is 10.0 Å². The Hall–Kier alpha value is -2.80. The minimum atomic E-state index is -3.35. The van der Waals surface area contributed by atoms with E-state index in [1.54, 1.807) is 37.3 Å². The summed E-state index contributed by atoms with van der Waals surface area (Å²) in [6.07, 6.45) is 4.02. The quantitative estimate of drug-likeness (QED) is 0.429. The molecule has 0 aliphatic heterocycles. The summed E-state index contributed by atoms with van der Waals surface area (Å²) >= 11 is 0. The zero-order valence-corrected chi connectivity index (χ0v) is 17.8. The Bertz CT molecular complexity index is 950. The number of nitrogens with one attached hydrogen (secondary N) is 1. The second-order valence-corrected chi connectivity index (χ2v) is 8.25. The summed E-state index contributed by atoms with van der Waals surface area (Å²) in [4.78, 5) is 12.5. The number of ether oxygens (including phenoxy) is 2. The number of sulfonamides is 1. The van der Waals surface area contributed by atoms with Crippen LogP contribution in [0.1, 0.15) is 43.1 Å². The largest absolute Gasteiger partial charge is 0.490 e. The third kappa shape index (κ3) is 6.64. The molecule has 29 heavy (non-hydrogen) atoms. The van der Waals surface area contributed by atoms with Gasteiger partial charge in [0.15, 0.2) is 17.3 Å². The number of ketones is 1. The van der Waals surface area contributed by atoms with Gasteiger partial charge in [-0.05, 0) is 62.8 Å². The van der Waals surface area contributed by atoms with Crippen LogP contribution in [0.2, 0.25) is 0 Å². The van der Waals surface area contributed by atoms with E-state index in [2.05, 4.69) is 4.72 Å². The first-order chi connectivity index (χ1) is 13.9. The molecular formula is C22H27NO5S. The number of anilines is 1. The fraction of sp³-hybridized carbons (Fsp3) is 0.318. The molecule has 0 bridgehead atoms. The molecule has 0 amide bonds. The van der Waals surface area contributed by atoms with Gasteiger partial charge in [-0.2, -0.15) is 0 Å². The van der Waals surface area contributed by atoms with Crippen LogP contribution < -0.4 is 14.2 Å². The molecule has 2 aromatic carbocycles. The Labute approximate surface area is 172 Å². The molecule has 2 rings (SSSR count). The molecule has 0 heterocycles. The summed E-state index contributed by atoms with van der Waals surface area (Å²) < 4.78 is 37.1. The van der Waals surface area contributed by atoms with Gasteiger partial charge < -0.3 is 9.47 Å². The highest BCUT2D eigenvalue weighted by atomic mass is 32.2. The van der Waals surface area contributed by atoms with E-state index in [0.29, 0.717) is 36.0 Å². The summed E-state index contributed by atoms with van der Waals surface area (Å²) in [5, 5.41) is 0. The summed E-state index contributed by atoms with van der Waals surface area (Å²) in [5.74, 6) is 1.05. The maximum Gasteiger partial charge on any atom is 0.232 e. The molecular weight excluding hydrogens is 390 g/mol. The van der Waals surface area contributed by atoms with Crippen LogP contribution in [0, 0.1) is 0 Å². The van der Waals surface area contributed by atoms with Crippen LogP contribution in [0.4, 0.5) is 5.69 Å². The average Bonchev–Trinajstić information content (AvgIpc) is 2.71. The van der Waals surface area contributed by atoms with Gasteiger partial charge in [-0.1, -0.05) is 19.1 Å². The molecule has 0 fully saturated rings. The highest BCUT2D eigenvalue weighted by molar-refractivity contribution is 7.92. The molecule has 0 unspecified atom stereocenters. The lowest BCUT2D eigenvalue weighted by Crippen LogP contribution is -2.14. The van der Waals surface area contributed by atoms with Gasteiger partial charge in [-0.3, -0.25) is 9.52 Å². The van der Waals surface area contributed by atoms with Crippen molar-refractivity contribution in [1.29, 1.82) is 0 Å². The fourth-order valence-corrected chi connectivity index (χ4v) is 3.15. The first-order valence-corrected chi connectivity index (χ1v) is 11.3. The van der Waals surface area contributed by atoms with Crippen molar-refractivity contribution in [2.24, 2.45) is 0 Å². The van der Waals surface area contributed by atoms with E-state index < -0.39 is 10.0 Å². The van der Waals surface area contributed by atoms with Gasteiger partial charge in [-0.15, -0.1) is 0 Å². The highest BCUT2D eigenvalue weighted by Crippen LogP contribution is 2.32. The van der Waals surface area contributed by atoms with Crippen molar-refractivity contribution >= 4 is 27.6 Å². The van der Waals surface area contributed by atoms with Gasteiger partial charge in [0, 0.05) is 16.8 Å². The first kappa shape index (κ1) is 22.5. The number of para-hydroxylation sites is 1. The number of carbonyl (C=O) groups excluding carboxylic acids is 1. The Balaban J connectivity index is 2.19. The molecule has 6 nitrogen and oxygen atoms in total.